The summed E-state index contributed by atoms with van der Waals surface area (Å²) in [4.78, 5) is 10.5. The molecule has 0 saturated heterocycles. The molecule has 33 heavy (non-hydrogen) atoms. The Morgan fingerprint density at radius 3 is 1.52 bits per heavy atom. The second-order valence-electron chi connectivity index (χ2n) is 9.24. The number of ether oxygens (including phenoxy) is 1. The SMILES string of the molecule is O=C(O)CCCCCCCCCCCCCCCOc1c2ccccc2cc2ccccc12. The van der Waals surface area contributed by atoms with Gasteiger partial charge in [0.05, 0.1) is 6.61 Å². The maximum atomic E-state index is 10.5. The van der Waals surface area contributed by atoms with Gasteiger partial charge >= 0.3 is 5.97 Å². The Labute approximate surface area is 199 Å². The average Bonchev–Trinajstić information content (AvgIpc) is 2.83. The first-order valence-electron chi connectivity index (χ1n) is 13.0. The highest BCUT2D eigenvalue weighted by atomic mass is 16.5. The van der Waals surface area contributed by atoms with Crippen LogP contribution in [0.3, 0.4) is 0 Å². The number of hydrogen-bond acceptors (Lipinski definition) is 2. The van der Waals surface area contributed by atoms with Gasteiger partial charge < -0.3 is 9.84 Å². The van der Waals surface area contributed by atoms with E-state index in [9.17, 15) is 4.79 Å². The molecule has 0 fully saturated rings. The minimum absolute atomic E-state index is 0.326. The summed E-state index contributed by atoms with van der Waals surface area (Å²) in [6.07, 6.45) is 16.3. The third kappa shape index (κ3) is 8.72. The van der Waals surface area contributed by atoms with Crippen molar-refractivity contribution in [2.24, 2.45) is 0 Å². The van der Waals surface area contributed by atoms with Crippen molar-refractivity contribution in [2.45, 2.75) is 89.9 Å². The highest BCUT2D eigenvalue weighted by Crippen LogP contribution is 2.34. The van der Waals surface area contributed by atoms with Gasteiger partial charge in [-0.2, -0.15) is 0 Å². The van der Waals surface area contributed by atoms with E-state index in [0.717, 1.165) is 31.6 Å². The number of aliphatic carboxylic acids is 1. The number of carbonyl (C=O) groups is 1. The van der Waals surface area contributed by atoms with Crippen LogP contribution in [0.2, 0.25) is 0 Å². The molecule has 1 N–H and O–H groups in total. The van der Waals surface area contributed by atoms with Crippen LogP contribution in [0, 0.1) is 0 Å². The number of hydrogen-bond donors (Lipinski definition) is 1. The third-order valence-corrected chi connectivity index (χ3v) is 6.50. The molecule has 0 spiro atoms. The van der Waals surface area contributed by atoms with Crippen LogP contribution >= 0.6 is 0 Å². The van der Waals surface area contributed by atoms with Crippen LogP contribution in [0.5, 0.6) is 5.75 Å². The normalized spacial score (nSPS) is 11.3. The summed E-state index contributed by atoms with van der Waals surface area (Å²) in [5.74, 6) is 0.367. The summed E-state index contributed by atoms with van der Waals surface area (Å²) in [6.45, 7) is 0.782. The molecule has 3 rings (SSSR count). The molecule has 3 nitrogen and oxygen atoms in total. The Kier molecular flexibility index (Phi) is 11.1. The summed E-state index contributed by atoms with van der Waals surface area (Å²) in [7, 11) is 0. The van der Waals surface area contributed by atoms with Crippen molar-refractivity contribution in [1.29, 1.82) is 0 Å². The molecule has 0 aliphatic rings. The van der Waals surface area contributed by atoms with E-state index < -0.39 is 5.97 Å². The molecule has 3 aromatic rings. The van der Waals surface area contributed by atoms with Crippen molar-refractivity contribution < 1.29 is 14.6 Å². The van der Waals surface area contributed by atoms with Gasteiger partial charge in [0.2, 0.25) is 0 Å². The first-order valence-corrected chi connectivity index (χ1v) is 13.0. The Bertz CT molecular complexity index is 925. The zero-order valence-electron chi connectivity index (χ0n) is 20.1. The Hall–Kier alpha value is -2.55. The number of fused-ring (bicyclic) bond motifs is 2. The Balaban J connectivity index is 1.23. The van der Waals surface area contributed by atoms with Crippen LogP contribution in [-0.4, -0.2) is 17.7 Å². The second-order valence-corrected chi connectivity index (χ2v) is 9.24. The fraction of sp³-hybridized carbons (Fsp3) is 0.500. The van der Waals surface area contributed by atoms with Crippen molar-refractivity contribution in [3.05, 3.63) is 54.6 Å². The third-order valence-electron chi connectivity index (χ3n) is 6.50. The van der Waals surface area contributed by atoms with Gasteiger partial charge in [-0.15, -0.1) is 0 Å². The molecular formula is C30H40O3. The van der Waals surface area contributed by atoms with E-state index in [1.54, 1.807) is 0 Å². The van der Waals surface area contributed by atoms with Gasteiger partial charge in [-0.05, 0) is 29.7 Å². The predicted molar refractivity (Wildman–Crippen MR) is 139 cm³/mol. The molecule has 0 aromatic heterocycles. The molecule has 3 heteroatoms. The Morgan fingerprint density at radius 1 is 0.606 bits per heavy atom. The van der Waals surface area contributed by atoms with Gasteiger partial charge in [-0.1, -0.05) is 119 Å². The van der Waals surface area contributed by atoms with E-state index in [1.807, 2.05) is 0 Å². The van der Waals surface area contributed by atoms with Crippen LogP contribution < -0.4 is 4.74 Å². The van der Waals surface area contributed by atoms with Crippen LogP contribution in [0.25, 0.3) is 21.5 Å². The highest BCUT2D eigenvalue weighted by Gasteiger charge is 2.08. The molecule has 0 radical (unpaired) electrons. The topological polar surface area (TPSA) is 46.5 Å². The van der Waals surface area contributed by atoms with Gasteiger partial charge in [0, 0.05) is 17.2 Å². The molecule has 178 valence electrons. The van der Waals surface area contributed by atoms with Crippen LogP contribution in [0.4, 0.5) is 0 Å². The standard InChI is InChI=1S/C30H40O3/c31-29(32)22-12-10-8-6-4-2-1-3-5-7-9-11-17-23-33-30-27-20-15-13-18-25(27)24-26-19-14-16-21-28(26)30/h13-16,18-21,24H,1-12,17,22-23H2,(H,31,32). The first kappa shape index (κ1) is 25.1. The summed E-state index contributed by atoms with van der Waals surface area (Å²) in [5.41, 5.74) is 0. The summed E-state index contributed by atoms with van der Waals surface area (Å²) < 4.78 is 6.32. The number of unbranched alkanes of at least 4 members (excludes halogenated alkanes) is 12. The van der Waals surface area contributed by atoms with Gasteiger partial charge in [0.1, 0.15) is 5.75 Å². The van der Waals surface area contributed by atoms with E-state index in [2.05, 4.69) is 54.6 Å². The molecule has 0 unspecified atom stereocenters. The van der Waals surface area contributed by atoms with Gasteiger partial charge in [0.15, 0.2) is 0 Å². The quantitative estimate of drug-likeness (QED) is 0.166. The average molecular weight is 449 g/mol. The molecule has 0 aliphatic heterocycles. The summed E-state index contributed by atoms with van der Waals surface area (Å²) >= 11 is 0. The largest absolute Gasteiger partial charge is 0.492 e. The van der Waals surface area contributed by atoms with E-state index >= 15 is 0 Å². The Morgan fingerprint density at radius 2 is 1.03 bits per heavy atom. The smallest absolute Gasteiger partial charge is 0.303 e. The van der Waals surface area contributed by atoms with E-state index in [0.29, 0.717) is 6.42 Å². The minimum Gasteiger partial charge on any atom is -0.492 e. The molecule has 0 saturated carbocycles. The number of benzene rings is 3. The summed E-state index contributed by atoms with van der Waals surface area (Å²) in [5, 5.41) is 13.5. The second kappa shape index (κ2) is 14.6. The number of rotatable bonds is 17. The lowest BCUT2D eigenvalue weighted by Gasteiger charge is -2.13. The van der Waals surface area contributed by atoms with Gasteiger partial charge in [-0.25, -0.2) is 0 Å². The van der Waals surface area contributed by atoms with E-state index in [1.165, 1.54) is 85.8 Å². The van der Waals surface area contributed by atoms with Crippen molar-refractivity contribution >= 4 is 27.5 Å². The van der Waals surface area contributed by atoms with Crippen molar-refractivity contribution in [1.82, 2.24) is 0 Å². The predicted octanol–water partition coefficient (Wildman–Crippen LogP) is 8.92. The number of carboxylic acids is 1. The molecule has 0 heterocycles. The van der Waals surface area contributed by atoms with Crippen LogP contribution in [0.15, 0.2) is 54.6 Å². The molecule has 0 bridgehead atoms. The maximum Gasteiger partial charge on any atom is 0.303 e. The molecule has 0 atom stereocenters. The lowest BCUT2D eigenvalue weighted by atomic mass is 10.0. The molecule has 3 aromatic carbocycles. The van der Waals surface area contributed by atoms with Crippen molar-refractivity contribution in [2.75, 3.05) is 6.61 Å². The molecular weight excluding hydrogens is 408 g/mol. The van der Waals surface area contributed by atoms with Crippen LogP contribution in [0.1, 0.15) is 89.9 Å². The van der Waals surface area contributed by atoms with Crippen LogP contribution in [-0.2, 0) is 4.79 Å². The lowest BCUT2D eigenvalue weighted by molar-refractivity contribution is -0.137. The monoisotopic (exact) mass is 448 g/mol. The summed E-state index contributed by atoms with van der Waals surface area (Å²) in [6, 6.07) is 19.3. The zero-order chi connectivity index (χ0) is 23.1. The zero-order valence-corrected chi connectivity index (χ0v) is 20.1. The fourth-order valence-corrected chi connectivity index (χ4v) is 4.62. The lowest BCUT2D eigenvalue weighted by Crippen LogP contribution is -1.99. The first-order chi connectivity index (χ1) is 16.3. The maximum absolute atomic E-state index is 10.5. The number of carboxylic acid groups (broad SMARTS) is 1. The van der Waals surface area contributed by atoms with Crippen molar-refractivity contribution in [3.63, 3.8) is 0 Å². The molecule has 0 aliphatic carbocycles. The van der Waals surface area contributed by atoms with Gasteiger partial charge in [0.25, 0.3) is 0 Å². The fourth-order valence-electron chi connectivity index (χ4n) is 4.62. The molecule has 0 amide bonds. The van der Waals surface area contributed by atoms with Gasteiger partial charge in [-0.3, -0.25) is 4.79 Å². The van der Waals surface area contributed by atoms with E-state index in [4.69, 9.17) is 9.84 Å². The highest BCUT2D eigenvalue weighted by molar-refractivity contribution is 6.05. The minimum atomic E-state index is -0.666. The van der Waals surface area contributed by atoms with E-state index in [-0.39, 0.29) is 0 Å². The van der Waals surface area contributed by atoms with Crippen molar-refractivity contribution in [3.8, 4) is 5.75 Å².